The molecule has 5 nitrogen and oxygen atoms in total. The highest BCUT2D eigenvalue weighted by Gasteiger charge is 2.43. The first kappa shape index (κ1) is 23.7. The van der Waals surface area contributed by atoms with Gasteiger partial charge in [-0.3, -0.25) is 9.88 Å². The largest absolute Gasteiger partial charge is 0.361 e. The molecular weight excluding hydrogens is 454 g/mol. The average molecular weight is 490 g/mol. The zero-order valence-corrected chi connectivity index (χ0v) is 22.5. The van der Waals surface area contributed by atoms with E-state index in [0.29, 0.717) is 0 Å². The molecule has 0 bridgehead atoms. The zero-order valence-electron chi connectivity index (χ0n) is 22.5. The lowest BCUT2D eigenvalue weighted by molar-refractivity contribution is 0.123. The standard InChI is InChI=1S/C32H35N5/c1-6-23-9-8-10-24(7-2)29(23)37-30(26-12-11-21(3)28-25(26)15-18-34-28)27-20-36(32(4,5)31(27)35-37)19-22-13-16-33-17-14-22/h8-18,34H,6-7,19-20H2,1-5H3. The summed E-state index contributed by atoms with van der Waals surface area (Å²) in [4.78, 5) is 10.2. The highest BCUT2D eigenvalue weighted by atomic mass is 15.3. The van der Waals surface area contributed by atoms with Crippen LogP contribution in [-0.2, 0) is 31.5 Å². The number of pyridine rings is 1. The third kappa shape index (κ3) is 3.72. The summed E-state index contributed by atoms with van der Waals surface area (Å²) in [6.07, 6.45) is 7.76. The molecule has 0 saturated heterocycles. The van der Waals surface area contributed by atoms with Crippen LogP contribution in [0.4, 0.5) is 0 Å². The lowest BCUT2D eigenvalue weighted by atomic mass is 9.96. The maximum Gasteiger partial charge on any atom is 0.0878 e. The molecule has 5 heteroatoms. The van der Waals surface area contributed by atoms with Gasteiger partial charge < -0.3 is 4.98 Å². The molecule has 188 valence electrons. The van der Waals surface area contributed by atoms with Crippen molar-refractivity contribution in [3.63, 3.8) is 0 Å². The van der Waals surface area contributed by atoms with E-state index in [2.05, 4.69) is 109 Å². The molecule has 3 aromatic heterocycles. The fourth-order valence-corrected chi connectivity index (χ4v) is 6.03. The van der Waals surface area contributed by atoms with Crippen LogP contribution in [0.5, 0.6) is 0 Å². The molecule has 0 atom stereocenters. The van der Waals surface area contributed by atoms with Crippen LogP contribution in [0.15, 0.2) is 67.1 Å². The predicted octanol–water partition coefficient (Wildman–Crippen LogP) is 7.10. The van der Waals surface area contributed by atoms with Crippen molar-refractivity contribution >= 4 is 10.9 Å². The Balaban J connectivity index is 1.61. The number of nitrogens with zero attached hydrogens (tertiary/aromatic N) is 4. The van der Waals surface area contributed by atoms with Crippen LogP contribution in [0.3, 0.4) is 0 Å². The summed E-state index contributed by atoms with van der Waals surface area (Å²) in [5.41, 5.74) is 12.4. The predicted molar refractivity (Wildman–Crippen MR) is 151 cm³/mol. The molecule has 1 N–H and O–H groups in total. The number of rotatable bonds is 6. The van der Waals surface area contributed by atoms with E-state index in [1.807, 2.05) is 12.4 Å². The number of hydrogen-bond acceptors (Lipinski definition) is 3. The first-order valence-corrected chi connectivity index (χ1v) is 13.4. The Kier molecular flexibility index (Phi) is 5.76. The SMILES string of the molecule is CCc1cccc(CC)c1-n1nc2c(c1-c1ccc(C)c3[nH]ccc13)CN(Cc1ccncc1)C2(C)C. The van der Waals surface area contributed by atoms with E-state index in [-0.39, 0.29) is 5.54 Å². The van der Waals surface area contributed by atoms with E-state index >= 15 is 0 Å². The van der Waals surface area contributed by atoms with Gasteiger partial charge in [-0.2, -0.15) is 5.10 Å². The van der Waals surface area contributed by atoms with Gasteiger partial charge in [-0.1, -0.05) is 44.2 Å². The molecule has 0 amide bonds. The smallest absolute Gasteiger partial charge is 0.0878 e. The van der Waals surface area contributed by atoms with Crippen molar-refractivity contribution in [2.24, 2.45) is 0 Å². The zero-order chi connectivity index (χ0) is 25.7. The molecule has 4 heterocycles. The first-order chi connectivity index (χ1) is 17.9. The number of H-pyrrole nitrogens is 1. The van der Waals surface area contributed by atoms with E-state index in [1.165, 1.54) is 61.4 Å². The minimum absolute atomic E-state index is 0.200. The summed E-state index contributed by atoms with van der Waals surface area (Å²) >= 11 is 0. The third-order valence-corrected chi connectivity index (χ3v) is 8.19. The number of aromatic amines is 1. The fraction of sp³-hybridized carbons (Fsp3) is 0.312. The van der Waals surface area contributed by atoms with Gasteiger partial charge in [-0.25, -0.2) is 4.68 Å². The van der Waals surface area contributed by atoms with Crippen LogP contribution >= 0.6 is 0 Å². The molecule has 1 aliphatic rings. The number of aromatic nitrogens is 4. The van der Waals surface area contributed by atoms with Gasteiger partial charge in [0.05, 0.1) is 22.6 Å². The normalized spacial score (nSPS) is 14.9. The number of para-hydroxylation sites is 1. The van der Waals surface area contributed by atoms with Gasteiger partial charge in [0.25, 0.3) is 0 Å². The highest BCUT2D eigenvalue weighted by Crippen LogP contribution is 2.46. The van der Waals surface area contributed by atoms with Crippen LogP contribution in [-0.4, -0.2) is 24.6 Å². The molecule has 37 heavy (non-hydrogen) atoms. The Morgan fingerprint density at radius 1 is 0.946 bits per heavy atom. The molecule has 1 aliphatic heterocycles. The summed E-state index contributed by atoms with van der Waals surface area (Å²) in [6, 6.07) is 17.7. The second kappa shape index (κ2) is 9.00. The number of aryl methyl sites for hydroxylation is 3. The van der Waals surface area contributed by atoms with Crippen LogP contribution in [0.2, 0.25) is 0 Å². The van der Waals surface area contributed by atoms with Crippen LogP contribution in [0.1, 0.15) is 61.2 Å². The Hall–Kier alpha value is -3.70. The molecule has 0 spiro atoms. The van der Waals surface area contributed by atoms with Crippen molar-refractivity contribution in [2.45, 2.75) is 66.1 Å². The number of nitrogens with one attached hydrogen (secondary N) is 1. The highest BCUT2D eigenvalue weighted by molar-refractivity contribution is 5.97. The maximum atomic E-state index is 5.47. The Morgan fingerprint density at radius 3 is 2.38 bits per heavy atom. The summed E-state index contributed by atoms with van der Waals surface area (Å²) in [5.74, 6) is 0. The molecule has 0 saturated carbocycles. The molecular formula is C32H35N5. The molecule has 0 radical (unpaired) electrons. The van der Waals surface area contributed by atoms with Gasteiger partial charge in [0, 0.05) is 53.7 Å². The summed E-state index contributed by atoms with van der Waals surface area (Å²) in [6.45, 7) is 13.0. The molecule has 0 aliphatic carbocycles. The Labute approximate surface area is 219 Å². The third-order valence-electron chi connectivity index (χ3n) is 8.19. The van der Waals surface area contributed by atoms with E-state index in [4.69, 9.17) is 5.10 Å². The van der Waals surface area contributed by atoms with E-state index in [9.17, 15) is 0 Å². The van der Waals surface area contributed by atoms with Gasteiger partial charge in [-0.05, 0) is 74.1 Å². The van der Waals surface area contributed by atoms with Crippen LogP contribution < -0.4 is 0 Å². The summed E-state index contributed by atoms with van der Waals surface area (Å²) in [5, 5.41) is 6.72. The molecule has 5 aromatic rings. The average Bonchev–Trinajstić information content (AvgIpc) is 3.60. The monoisotopic (exact) mass is 489 g/mol. The molecule has 2 aromatic carbocycles. The van der Waals surface area contributed by atoms with Gasteiger partial charge in [0.15, 0.2) is 0 Å². The van der Waals surface area contributed by atoms with Crippen molar-refractivity contribution in [1.82, 2.24) is 24.6 Å². The lowest BCUT2D eigenvalue weighted by Gasteiger charge is -2.32. The quantitative estimate of drug-likeness (QED) is 0.277. The van der Waals surface area contributed by atoms with Crippen molar-refractivity contribution < 1.29 is 0 Å². The number of hydrogen-bond donors (Lipinski definition) is 1. The van der Waals surface area contributed by atoms with Gasteiger partial charge >= 0.3 is 0 Å². The first-order valence-electron chi connectivity index (χ1n) is 13.4. The summed E-state index contributed by atoms with van der Waals surface area (Å²) in [7, 11) is 0. The number of benzene rings is 2. The topological polar surface area (TPSA) is 49.7 Å². The summed E-state index contributed by atoms with van der Waals surface area (Å²) < 4.78 is 2.28. The van der Waals surface area contributed by atoms with E-state index in [1.54, 1.807) is 0 Å². The van der Waals surface area contributed by atoms with Crippen LogP contribution in [0.25, 0.3) is 27.8 Å². The second-order valence-electron chi connectivity index (χ2n) is 10.7. The molecule has 6 rings (SSSR count). The van der Waals surface area contributed by atoms with Gasteiger partial charge in [0.1, 0.15) is 0 Å². The van der Waals surface area contributed by atoms with E-state index < -0.39 is 0 Å². The van der Waals surface area contributed by atoms with Gasteiger partial charge in [0.2, 0.25) is 0 Å². The second-order valence-corrected chi connectivity index (χ2v) is 10.7. The van der Waals surface area contributed by atoms with Crippen molar-refractivity contribution in [1.29, 1.82) is 0 Å². The molecule has 0 fully saturated rings. The van der Waals surface area contributed by atoms with Crippen molar-refractivity contribution in [3.05, 3.63) is 101 Å². The minimum Gasteiger partial charge on any atom is -0.361 e. The fourth-order valence-electron chi connectivity index (χ4n) is 6.03. The Bertz CT molecular complexity index is 1570. The number of fused-ring (bicyclic) bond motifs is 2. The van der Waals surface area contributed by atoms with Crippen LogP contribution in [0, 0.1) is 6.92 Å². The van der Waals surface area contributed by atoms with Gasteiger partial charge in [-0.15, -0.1) is 0 Å². The molecule has 0 unspecified atom stereocenters. The van der Waals surface area contributed by atoms with E-state index in [0.717, 1.165) is 25.9 Å². The van der Waals surface area contributed by atoms with Crippen molar-refractivity contribution in [2.75, 3.05) is 0 Å². The maximum absolute atomic E-state index is 5.47. The minimum atomic E-state index is -0.200. The Morgan fingerprint density at radius 2 is 1.68 bits per heavy atom. The van der Waals surface area contributed by atoms with Crippen molar-refractivity contribution in [3.8, 4) is 16.9 Å². The lowest BCUT2D eigenvalue weighted by Crippen LogP contribution is -2.35.